The van der Waals surface area contributed by atoms with Crippen molar-refractivity contribution in [1.82, 2.24) is 19.4 Å². The van der Waals surface area contributed by atoms with E-state index in [0.29, 0.717) is 6.54 Å². The Morgan fingerprint density at radius 3 is 2.86 bits per heavy atom. The van der Waals surface area contributed by atoms with Crippen molar-refractivity contribution in [3.63, 3.8) is 0 Å². The summed E-state index contributed by atoms with van der Waals surface area (Å²) in [5.41, 5.74) is 5.76. The van der Waals surface area contributed by atoms with Crippen LogP contribution in [0.25, 0.3) is 0 Å². The monoisotopic (exact) mass is 315 g/mol. The maximum absolute atomic E-state index is 12.5. The van der Waals surface area contributed by atoms with Crippen molar-refractivity contribution in [1.29, 1.82) is 0 Å². The Hall–Kier alpha value is -1.12. The van der Waals surface area contributed by atoms with Gasteiger partial charge in [0.25, 0.3) is 0 Å². The van der Waals surface area contributed by atoms with Gasteiger partial charge in [-0.2, -0.15) is 5.10 Å². The minimum Gasteiger partial charge on any atom is -0.381 e. The number of hydrogen-bond acceptors (Lipinski definition) is 5. The fourth-order valence-electron chi connectivity index (χ4n) is 2.76. The van der Waals surface area contributed by atoms with E-state index in [2.05, 4.69) is 21.6 Å². The number of nitrogens with one attached hydrogen (secondary N) is 1. The smallest absolute Gasteiger partial charge is 0.246 e. The Kier molecular flexibility index (Phi) is 4.90. The van der Waals surface area contributed by atoms with Crippen LogP contribution in [-0.4, -0.2) is 49.3 Å². The third-order valence-corrected chi connectivity index (χ3v) is 5.42. The molecule has 1 fully saturated rings. The first kappa shape index (κ1) is 16.3. The Bertz CT molecular complexity index is 583. The standard InChI is InChI=1S/C13H25N5O2S/c1-4-6-18-9-12(13(14)15-18)21(19,20)16-11-5-7-17(3)8-10(11)2/h9-11,16H,4-8H2,1-3H3,(H2,14,15). The average Bonchev–Trinajstić information content (AvgIpc) is 2.75. The van der Waals surface area contributed by atoms with Crippen molar-refractivity contribution >= 4 is 15.8 Å². The predicted molar refractivity (Wildman–Crippen MR) is 82.3 cm³/mol. The molecule has 2 rings (SSSR count). The van der Waals surface area contributed by atoms with Gasteiger partial charge in [0.05, 0.1) is 0 Å². The lowest BCUT2D eigenvalue weighted by Crippen LogP contribution is -2.48. The minimum atomic E-state index is -3.62. The molecule has 0 radical (unpaired) electrons. The summed E-state index contributed by atoms with van der Waals surface area (Å²) in [5, 5.41) is 4.06. The number of rotatable bonds is 5. The van der Waals surface area contributed by atoms with Crippen molar-refractivity contribution in [2.75, 3.05) is 25.9 Å². The first-order valence-corrected chi connectivity index (χ1v) is 8.85. The van der Waals surface area contributed by atoms with E-state index in [-0.39, 0.29) is 22.7 Å². The summed E-state index contributed by atoms with van der Waals surface area (Å²) in [6.07, 6.45) is 3.20. The molecule has 0 bridgehead atoms. The Morgan fingerprint density at radius 1 is 1.52 bits per heavy atom. The van der Waals surface area contributed by atoms with Gasteiger partial charge in [-0.25, -0.2) is 13.1 Å². The van der Waals surface area contributed by atoms with E-state index in [0.717, 1.165) is 25.9 Å². The minimum absolute atomic E-state index is 0.0554. The normalized spacial score (nSPS) is 24.3. The molecule has 2 atom stereocenters. The highest BCUT2D eigenvalue weighted by Gasteiger charge is 2.30. The van der Waals surface area contributed by atoms with Crippen LogP contribution in [0.3, 0.4) is 0 Å². The number of piperidine rings is 1. The van der Waals surface area contributed by atoms with E-state index >= 15 is 0 Å². The molecule has 21 heavy (non-hydrogen) atoms. The molecular formula is C13H25N5O2S. The second-order valence-corrected chi connectivity index (χ2v) is 7.58. The summed E-state index contributed by atoms with van der Waals surface area (Å²) < 4.78 is 29.4. The van der Waals surface area contributed by atoms with Crippen LogP contribution in [0.1, 0.15) is 26.7 Å². The molecule has 2 heterocycles. The van der Waals surface area contributed by atoms with Crippen LogP contribution in [-0.2, 0) is 16.6 Å². The van der Waals surface area contributed by atoms with E-state index in [1.54, 1.807) is 4.68 Å². The van der Waals surface area contributed by atoms with Crippen LogP contribution in [0.5, 0.6) is 0 Å². The van der Waals surface area contributed by atoms with E-state index in [4.69, 9.17) is 5.73 Å². The van der Waals surface area contributed by atoms with Crippen molar-refractivity contribution in [3.8, 4) is 0 Å². The van der Waals surface area contributed by atoms with Gasteiger partial charge < -0.3 is 10.6 Å². The lowest BCUT2D eigenvalue weighted by atomic mass is 9.95. The Labute approximate surface area is 126 Å². The quantitative estimate of drug-likeness (QED) is 0.825. The molecule has 8 heteroatoms. The highest BCUT2D eigenvalue weighted by molar-refractivity contribution is 7.89. The number of nitrogen functional groups attached to an aromatic ring is 1. The fraction of sp³-hybridized carbons (Fsp3) is 0.769. The molecule has 0 amide bonds. The van der Waals surface area contributed by atoms with Gasteiger partial charge in [0.1, 0.15) is 4.90 Å². The molecule has 0 saturated carbocycles. The summed E-state index contributed by atoms with van der Waals surface area (Å²) in [5.74, 6) is 0.335. The summed E-state index contributed by atoms with van der Waals surface area (Å²) in [6.45, 7) is 6.50. The van der Waals surface area contributed by atoms with Crippen LogP contribution in [0.2, 0.25) is 0 Å². The summed E-state index contributed by atoms with van der Waals surface area (Å²) in [6, 6.07) is -0.0554. The van der Waals surface area contributed by atoms with Crippen LogP contribution >= 0.6 is 0 Å². The fourth-order valence-corrected chi connectivity index (χ4v) is 4.21. The molecule has 3 N–H and O–H groups in total. The number of anilines is 1. The lowest BCUT2D eigenvalue weighted by molar-refractivity contribution is 0.188. The predicted octanol–water partition coefficient (Wildman–Crippen LogP) is 0.494. The van der Waals surface area contributed by atoms with Crippen molar-refractivity contribution in [2.24, 2.45) is 5.92 Å². The van der Waals surface area contributed by atoms with E-state index in [9.17, 15) is 8.42 Å². The molecule has 1 saturated heterocycles. The molecule has 1 aliphatic rings. The third-order valence-electron chi connectivity index (χ3n) is 3.91. The van der Waals surface area contributed by atoms with Crippen molar-refractivity contribution in [2.45, 2.75) is 44.2 Å². The molecule has 7 nitrogen and oxygen atoms in total. The van der Waals surface area contributed by atoms with Gasteiger partial charge >= 0.3 is 0 Å². The Morgan fingerprint density at radius 2 is 2.24 bits per heavy atom. The van der Waals surface area contributed by atoms with E-state index in [1.807, 2.05) is 14.0 Å². The zero-order valence-corrected chi connectivity index (χ0v) is 13.7. The largest absolute Gasteiger partial charge is 0.381 e. The molecule has 0 spiro atoms. The first-order chi connectivity index (χ1) is 9.83. The van der Waals surface area contributed by atoms with Crippen molar-refractivity contribution < 1.29 is 8.42 Å². The zero-order valence-electron chi connectivity index (χ0n) is 12.9. The average molecular weight is 315 g/mol. The number of nitrogens with two attached hydrogens (primary N) is 1. The topological polar surface area (TPSA) is 93.2 Å². The van der Waals surface area contributed by atoms with Gasteiger partial charge in [0.15, 0.2) is 5.82 Å². The second-order valence-electron chi connectivity index (χ2n) is 5.90. The molecule has 120 valence electrons. The van der Waals surface area contributed by atoms with Crippen LogP contribution in [0.4, 0.5) is 5.82 Å². The zero-order chi connectivity index (χ0) is 15.6. The second kappa shape index (κ2) is 6.33. The van der Waals surface area contributed by atoms with Gasteiger partial charge in [0, 0.05) is 25.3 Å². The molecule has 0 aliphatic carbocycles. The highest BCUT2D eigenvalue weighted by atomic mass is 32.2. The van der Waals surface area contributed by atoms with Gasteiger partial charge in [-0.05, 0) is 32.4 Å². The van der Waals surface area contributed by atoms with Gasteiger partial charge in [-0.3, -0.25) is 4.68 Å². The molecule has 1 aromatic rings. The van der Waals surface area contributed by atoms with Crippen LogP contribution in [0, 0.1) is 5.92 Å². The highest BCUT2D eigenvalue weighted by Crippen LogP contribution is 2.21. The number of aryl methyl sites for hydroxylation is 1. The number of hydrogen-bond donors (Lipinski definition) is 2. The molecular weight excluding hydrogens is 290 g/mol. The van der Waals surface area contributed by atoms with E-state index < -0.39 is 10.0 Å². The summed E-state index contributed by atoms with van der Waals surface area (Å²) >= 11 is 0. The number of sulfonamides is 1. The van der Waals surface area contributed by atoms with Gasteiger partial charge in [0.2, 0.25) is 10.0 Å². The van der Waals surface area contributed by atoms with Gasteiger partial charge in [-0.15, -0.1) is 0 Å². The van der Waals surface area contributed by atoms with Crippen LogP contribution in [0.15, 0.2) is 11.1 Å². The van der Waals surface area contributed by atoms with Gasteiger partial charge in [-0.1, -0.05) is 13.8 Å². The lowest BCUT2D eigenvalue weighted by Gasteiger charge is -2.34. The SMILES string of the molecule is CCCn1cc(S(=O)(=O)NC2CCN(C)CC2C)c(N)n1. The maximum atomic E-state index is 12.5. The number of likely N-dealkylation sites (tertiary alicyclic amines) is 1. The number of aromatic nitrogens is 2. The Balaban J connectivity index is 2.15. The molecule has 2 unspecified atom stereocenters. The van der Waals surface area contributed by atoms with Crippen molar-refractivity contribution in [3.05, 3.63) is 6.20 Å². The maximum Gasteiger partial charge on any atom is 0.246 e. The van der Waals surface area contributed by atoms with Crippen LogP contribution < -0.4 is 10.5 Å². The summed E-state index contributed by atoms with van der Waals surface area (Å²) in [4.78, 5) is 2.30. The van der Waals surface area contributed by atoms with E-state index in [1.165, 1.54) is 6.20 Å². The summed E-state index contributed by atoms with van der Waals surface area (Å²) in [7, 11) is -1.57. The molecule has 1 aliphatic heterocycles. The number of nitrogens with zero attached hydrogens (tertiary/aromatic N) is 3. The third kappa shape index (κ3) is 3.75. The first-order valence-electron chi connectivity index (χ1n) is 7.37. The molecule has 1 aromatic heterocycles. The molecule has 0 aromatic carbocycles.